The van der Waals surface area contributed by atoms with Crippen molar-refractivity contribution in [3.8, 4) is 11.1 Å². The van der Waals surface area contributed by atoms with E-state index in [4.69, 9.17) is 0 Å². The molecule has 0 bridgehead atoms. The van der Waals surface area contributed by atoms with Crippen LogP contribution < -0.4 is 5.32 Å². The van der Waals surface area contributed by atoms with Crippen molar-refractivity contribution in [3.05, 3.63) is 59.4 Å². The Labute approximate surface area is 157 Å². The van der Waals surface area contributed by atoms with E-state index in [9.17, 15) is 18.0 Å². The second-order valence-corrected chi connectivity index (χ2v) is 6.96. The van der Waals surface area contributed by atoms with E-state index >= 15 is 0 Å². The highest BCUT2D eigenvalue weighted by molar-refractivity contribution is 5.94. The molecule has 1 aliphatic heterocycles. The summed E-state index contributed by atoms with van der Waals surface area (Å²) in [5, 5.41) is 3.16. The summed E-state index contributed by atoms with van der Waals surface area (Å²) in [5.41, 5.74) is 1.29. The second-order valence-electron chi connectivity index (χ2n) is 6.96. The number of likely N-dealkylation sites (tertiary alicyclic amines) is 1. The van der Waals surface area contributed by atoms with Crippen LogP contribution in [-0.4, -0.2) is 37.5 Å². The van der Waals surface area contributed by atoms with Crippen LogP contribution in [-0.2, 0) is 0 Å². The van der Waals surface area contributed by atoms with Crippen molar-refractivity contribution in [2.75, 3.05) is 26.7 Å². The molecule has 1 saturated heterocycles. The summed E-state index contributed by atoms with van der Waals surface area (Å²) in [6.45, 7) is 2.47. The van der Waals surface area contributed by atoms with Crippen LogP contribution in [0.4, 0.5) is 13.2 Å². The fourth-order valence-corrected chi connectivity index (χ4v) is 3.48. The Bertz CT molecular complexity index is 777. The van der Waals surface area contributed by atoms with Gasteiger partial charge in [-0.15, -0.1) is 0 Å². The molecule has 144 valence electrons. The summed E-state index contributed by atoms with van der Waals surface area (Å²) < 4.78 is 39.9. The molecule has 0 saturated carbocycles. The molecule has 1 N–H and O–H groups in total. The summed E-state index contributed by atoms with van der Waals surface area (Å²) in [4.78, 5) is 14.5. The molecule has 1 heterocycles. The third kappa shape index (κ3) is 4.50. The number of hydrogen-bond acceptors (Lipinski definition) is 2. The lowest BCUT2D eigenvalue weighted by molar-refractivity contribution is 0.0687. The predicted molar refractivity (Wildman–Crippen MR) is 98.9 cm³/mol. The van der Waals surface area contributed by atoms with Gasteiger partial charge in [0.15, 0.2) is 17.5 Å². The van der Waals surface area contributed by atoms with Crippen LogP contribution >= 0.6 is 0 Å². The number of nitrogens with zero attached hydrogens (tertiary/aromatic N) is 1. The van der Waals surface area contributed by atoms with Gasteiger partial charge in [0.1, 0.15) is 0 Å². The largest absolute Gasteiger partial charge is 0.339 e. The third-order valence-electron chi connectivity index (χ3n) is 5.15. The molecule has 0 aliphatic carbocycles. The van der Waals surface area contributed by atoms with Crippen molar-refractivity contribution in [3.63, 3.8) is 0 Å². The molecule has 6 heteroatoms. The van der Waals surface area contributed by atoms with Crippen molar-refractivity contribution in [1.82, 2.24) is 10.2 Å². The normalized spacial score (nSPS) is 15.2. The Balaban J connectivity index is 1.66. The molecule has 27 heavy (non-hydrogen) atoms. The van der Waals surface area contributed by atoms with Gasteiger partial charge in [0.25, 0.3) is 5.91 Å². The number of amides is 1. The molecule has 2 aromatic carbocycles. The maximum absolute atomic E-state index is 13.4. The molecular formula is C21H23F3N2O. The number of carbonyl (C=O) groups is 1. The first-order chi connectivity index (χ1) is 13.0. The minimum absolute atomic E-state index is 0.0370. The summed E-state index contributed by atoms with van der Waals surface area (Å²) in [6.07, 6.45) is 3.12. The zero-order valence-electron chi connectivity index (χ0n) is 15.3. The van der Waals surface area contributed by atoms with Crippen molar-refractivity contribution >= 4 is 5.91 Å². The van der Waals surface area contributed by atoms with E-state index in [0.717, 1.165) is 51.0 Å². The fourth-order valence-electron chi connectivity index (χ4n) is 3.48. The minimum atomic E-state index is -1.48. The number of rotatable bonds is 5. The van der Waals surface area contributed by atoms with E-state index in [1.165, 1.54) is 0 Å². The van der Waals surface area contributed by atoms with Crippen molar-refractivity contribution in [2.45, 2.75) is 19.3 Å². The second kappa shape index (κ2) is 8.57. The van der Waals surface area contributed by atoms with Gasteiger partial charge in [0, 0.05) is 18.7 Å². The highest BCUT2D eigenvalue weighted by Gasteiger charge is 2.23. The number of carbonyl (C=O) groups excluding carboxylic acids is 1. The monoisotopic (exact) mass is 376 g/mol. The lowest BCUT2D eigenvalue weighted by Crippen LogP contribution is -2.38. The summed E-state index contributed by atoms with van der Waals surface area (Å²) in [6, 6.07) is 8.43. The van der Waals surface area contributed by atoms with Gasteiger partial charge in [-0.25, -0.2) is 13.2 Å². The Morgan fingerprint density at radius 3 is 2.19 bits per heavy atom. The standard InChI is InChI=1S/C21H23F3N2O/c1-25-9-6-14-7-10-26(11-8-14)21(27)16-4-2-15(3-5-16)17-12-18(22)20(24)19(23)13-17/h2-5,12-14,25H,6-11H2,1H3. The van der Waals surface area contributed by atoms with Gasteiger partial charge >= 0.3 is 0 Å². The van der Waals surface area contributed by atoms with E-state index in [2.05, 4.69) is 5.32 Å². The number of piperidine rings is 1. The van der Waals surface area contributed by atoms with Gasteiger partial charge in [-0.3, -0.25) is 4.79 Å². The molecule has 3 nitrogen and oxygen atoms in total. The van der Waals surface area contributed by atoms with E-state index in [1.807, 2.05) is 11.9 Å². The molecule has 0 atom stereocenters. The molecule has 0 unspecified atom stereocenters. The predicted octanol–water partition coefficient (Wildman–Crippen LogP) is 4.23. The third-order valence-corrected chi connectivity index (χ3v) is 5.15. The van der Waals surface area contributed by atoms with Gasteiger partial charge < -0.3 is 10.2 Å². The van der Waals surface area contributed by atoms with Gasteiger partial charge in [0.05, 0.1) is 0 Å². The van der Waals surface area contributed by atoms with Gasteiger partial charge in [-0.05, 0) is 74.2 Å². The molecular weight excluding hydrogens is 353 g/mol. The van der Waals surface area contributed by atoms with E-state index in [0.29, 0.717) is 17.0 Å². The number of halogens is 3. The first-order valence-corrected chi connectivity index (χ1v) is 9.18. The first kappa shape index (κ1) is 19.4. The van der Waals surface area contributed by atoms with E-state index in [-0.39, 0.29) is 11.5 Å². The van der Waals surface area contributed by atoms with Crippen LogP contribution in [0.2, 0.25) is 0 Å². The number of benzene rings is 2. The maximum atomic E-state index is 13.4. The van der Waals surface area contributed by atoms with Gasteiger partial charge in [-0.2, -0.15) is 0 Å². The highest BCUT2D eigenvalue weighted by atomic mass is 19.2. The molecule has 0 radical (unpaired) electrons. The van der Waals surface area contributed by atoms with Gasteiger partial charge in [-0.1, -0.05) is 12.1 Å². The highest BCUT2D eigenvalue weighted by Crippen LogP contribution is 2.25. The average molecular weight is 376 g/mol. The smallest absolute Gasteiger partial charge is 0.253 e. The van der Waals surface area contributed by atoms with E-state index in [1.54, 1.807) is 24.3 Å². The van der Waals surface area contributed by atoms with E-state index < -0.39 is 17.5 Å². The lowest BCUT2D eigenvalue weighted by atomic mass is 9.93. The quantitative estimate of drug-likeness (QED) is 0.792. The van der Waals surface area contributed by atoms with Crippen LogP contribution in [0, 0.1) is 23.4 Å². The molecule has 0 aromatic heterocycles. The topological polar surface area (TPSA) is 32.3 Å². The minimum Gasteiger partial charge on any atom is -0.339 e. The zero-order chi connectivity index (χ0) is 19.4. The summed E-state index contributed by atoms with van der Waals surface area (Å²) in [5.74, 6) is -3.33. The summed E-state index contributed by atoms with van der Waals surface area (Å²) >= 11 is 0. The average Bonchev–Trinajstić information content (AvgIpc) is 2.70. The number of hydrogen-bond donors (Lipinski definition) is 1. The zero-order valence-corrected chi connectivity index (χ0v) is 15.3. The molecule has 0 spiro atoms. The Hall–Kier alpha value is -2.34. The van der Waals surface area contributed by atoms with Crippen LogP contribution in [0.25, 0.3) is 11.1 Å². The van der Waals surface area contributed by atoms with Crippen molar-refractivity contribution in [1.29, 1.82) is 0 Å². The van der Waals surface area contributed by atoms with Crippen molar-refractivity contribution < 1.29 is 18.0 Å². The van der Waals surface area contributed by atoms with Crippen LogP contribution in [0.15, 0.2) is 36.4 Å². The molecule has 1 aliphatic rings. The van der Waals surface area contributed by atoms with Crippen LogP contribution in [0.1, 0.15) is 29.6 Å². The SMILES string of the molecule is CNCCC1CCN(C(=O)c2ccc(-c3cc(F)c(F)c(F)c3)cc2)CC1. The van der Waals surface area contributed by atoms with Crippen molar-refractivity contribution in [2.24, 2.45) is 5.92 Å². The molecule has 2 aromatic rings. The fraction of sp³-hybridized carbons (Fsp3) is 0.381. The Kier molecular flexibility index (Phi) is 6.16. The number of nitrogens with one attached hydrogen (secondary N) is 1. The molecule has 1 amide bonds. The first-order valence-electron chi connectivity index (χ1n) is 9.18. The Morgan fingerprint density at radius 2 is 1.63 bits per heavy atom. The molecule has 3 rings (SSSR count). The lowest BCUT2D eigenvalue weighted by Gasteiger charge is -2.32. The van der Waals surface area contributed by atoms with Gasteiger partial charge in [0.2, 0.25) is 0 Å². The Morgan fingerprint density at radius 1 is 1.04 bits per heavy atom. The summed E-state index contributed by atoms with van der Waals surface area (Å²) in [7, 11) is 1.94. The van der Waals surface area contributed by atoms with Crippen LogP contribution in [0.3, 0.4) is 0 Å². The molecule has 1 fully saturated rings. The maximum Gasteiger partial charge on any atom is 0.253 e. The van der Waals surface area contributed by atoms with Crippen LogP contribution in [0.5, 0.6) is 0 Å².